The molecule has 1 atom stereocenters. The van der Waals surface area contributed by atoms with E-state index in [2.05, 4.69) is 18.6 Å². The van der Waals surface area contributed by atoms with E-state index in [1.54, 1.807) is 0 Å². The van der Waals surface area contributed by atoms with Crippen LogP contribution < -0.4 is 4.74 Å². The molecule has 1 aromatic rings. The van der Waals surface area contributed by atoms with Gasteiger partial charge in [0.1, 0.15) is 0 Å². The van der Waals surface area contributed by atoms with Gasteiger partial charge >= 0.3 is 6.36 Å². The summed E-state index contributed by atoms with van der Waals surface area (Å²) in [5.41, 5.74) is 0.726. The summed E-state index contributed by atoms with van der Waals surface area (Å²) in [7, 11) is 0. The first-order valence-corrected chi connectivity index (χ1v) is 9.82. The normalized spacial score (nSPS) is 22.2. The van der Waals surface area contributed by atoms with Crippen LogP contribution in [0, 0.1) is 23.6 Å². The van der Waals surface area contributed by atoms with Crippen molar-refractivity contribution in [2.45, 2.75) is 78.0 Å². The van der Waals surface area contributed by atoms with E-state index < -0.39 is 17.9 Å². The largest absolute Gasteiger partial charge is 0.573 e. The van der Waals surface area contributed by atoms with E-state index in [0.717, 1.165) is 42.4 Å². The van der Waals surface area contributed by atoms with Crippen LogP contribution in [0.15, 0.2) is 18.2 Å². The Morgan fingerprint density at radius 2 is 1.81 bits per heavy atom. The van der Waals surface area contributed by atoms with Crippen molar-refractivity contribution in [1.82, 2.24) is 0 Å². The van der Waals surface area contributed by atoms with Crippen LogP contribution >= 0.6 is 0 Å². The van der Waals surface area contributed by atoms with E-state index in [1.807, 2.05) is 0 Å². The molecule has 2 rings (SSSR count). The molecule has 1 aromatic carbocycles. The SMILES string of the molecule is CCCC(CCCc1ccc(OC(F)(F)F)c(F)c1)C1CCC(C)CC1. The Balaban J connectivity index is 1.85. The van der Waals surface area contributed by atoms with Crippen molar-refractivity contribution in [3.8, 4) is 5.75 Å². The lowest BCUT2D eigenvalue weighted by Crippen LogP contribution is -2.21. The van der Waals surface area contributed by atoms with Crippen molar-refractivity contribution in [2.24, 2.45) is 17.8 Å². The Morgan fingerprint density at radius 3 is 2.38 bits per heavy atom. The van der Waals surface area contributed by atoms with Gasteiger partial charge in [0, 0.05) is 0 Å². The number of benzene rings is 1. The quantitative estimate of drug-likeness (QED) is 0.434. The number of alkyl halides is 3. The van der Waals surface area contributed by atoms with Crippen LogP contribution in [0.2, 0.25) is 0 Å². The van der Waals surface area contributed by atoms with Gasteiger partial charge in [0.15, 0.2) is 11.6 Å². The second kappa shape index (κ2) is 9.61. The zero-order chi connectivity index (χ0) is 19.2. The van der Waals surface area contributed by atoms with E-state index >= 15 is 0 Å². The topological polar surface area (TPSA) is 9.23 Å². The molecule has 1 aliphatic carbocycles. The molecule has 1 nitrogen and oxygen atoms in total. The van der Waals surface area contributed by atoms with Crippen LogP contribution in [0.25, 0.3) is 0 Å². The van der Waals surface area contributed by atoms with Gasteiger partial charge in [0.2, 0.25) is 0 Å². The van der Waals surface area contributed by atoms with Crippen molar-refractivity contribution in [3.63, 3.8) is 0 Å². The van der Waals surface area contributed by atoms with Crippen molar-refractivity contribution >= 4 is 0 Å². The van der Waals surface area contributed by atoms with E-state index in [4.69, 9.17) is 0 Å². The number of rotatable bonds is 8. The fourth-order valence-corrected chi connectivity index (χ4v) is 4.22. The second-order valence-corrected chi connectivity index (χ2v) is 7.77. The molecule has 0 N–H and O–H groups in total. The lowest BCUT2D eigenvalue weighted by atomic mass is 9.73. The van der Waals surface area contributed by atoms with Gasteiger partial charge in [-0.05, 0) is 67.6 Å². The van der Waals surface area contributed by atoms with E-state index in [9.17, 15) is 17.6 Å². The highest BCUT2D eigenvalue weighted by atomic mass is 19.4. The van der Waals surface area contributed by atoms with Crippen molar-refractivity contribution < 1.29 is 22.3 Å². The molecule has 1 unspecified atom stereocenters. The summed E-state index contributed by atoms with van der Waals surface area (Å²) in [6.07, 6.45) is 5.52. The first-order chi connectivity index (χ1) is 12.3. The molecule has 5 heteroatoms. The molecular weight excluding hydrogens is 344 g/mol. The summed E-state index contributed by atoms with van der Waals surface area (Å²) in [5.74, 6) is 0.636. The van der Waals surface area contributed by atoms with Crippen molar-refractivity contribution in [1.29, 1.82) is 0 Å². The molecule has 0 aliphatic heterocycles. The van der Waals surface area contributed by atoms with Crippen LogP contribution in [0.5, 0.6) is 5.75 Å². The smallest absolute Gasteiger partial charge is 0.403 e. The third kappa shape index (κ3) is 6.81. The number of hydrogen-bond donors (Lipinski definition) is 0. The minimum absolute atomic E-state index is 0.687. The average Bonchev–Trinajstić information content (AvgIpc) is 2.56. The number of halogens is 4. The number of hydrogen-bond acceptors (Lipinski definition) is 1. The molecule has 0 saturated heterocycles. The Labute approximate surface area is 154 Å². The summed E-state index contributed by atoms with van der Waals surface area (Å²) >= 11 is 0. The molecule has 1 saturated carbocycles. The van der Waals surface area contributed by atoms with Crippen LogP contribution in [0.1, 0.15) is 70.8 Å². The Bertz CT molecular complexity index is 547. The average molecular weight is 374 g/mol. The lowest BCUT2D eigenvalue weighted by Gasteiger charge is -2.33. The van der Waals surface area contributed by atoms with Gasteiger partial charge < -0.3 is 4.74 Å². The second-order valence-electron chi connectivity index (χ2n) is 7.77. The predicted molar refractivity (Wildman–Crippen MR) is 95.5 cm³/mol. The van der Waals surface area contributed by atoms with Crippen molar-refractivity contribution in [2.75, 3.05) is 0 Å². The lowest BCUT2D eigenvalue weighted by molar-refractivity contribution is -0.275. The molecule has 0 heterocycles. The highest BCUT2D eigenvalue weighted by Crippen LogP contribution is 2.37. The maximum atomic E-state index is 13.8. The molecule has 26 heavy (non-hydrogen) atoms. The zero-order valence-corrected chi connectivity index (χ0v) is 15.7. The minimum atomic E-state index is -4.87. The Kier molecular flexibility index (Phi) is 7.78. The summed E-state index contributed by atoms with van der Waals surface area (Å²) in [5, 5.41) is 0. The van der Waals surface area contributed by atoms with E-state index in [-0.39, 0.29) is 0 Å². The minimum Gasteiger partial charge on any atom is -0.403 e. The maximum absolute atomic E-state index is 13.8. The molecule has 1 fully saturated rings. The first-order valence-electron chi connectivity index (χ1n) is 9.82. The molecule has 0 spiro atoms. The summed E-state index contributed by atoms with van der Waals surface area (Å²) < 4.78 is 54.1. The highest BCUT2D eigenvalue weighted by Gasteiger charge is 2.32. The molecule has 0 aromatic heterocycles. The summed E-state index contributed by atoms with van der Waals surface area (Å²) in [4.78, 5) is 0. The van der Waals surface area contributed by atoms with Gasteiger partial charge in [-0.25, -0.2) is 4.39 Å². The van der Waals surface area contributed by atoms with Gasteiger partial charge in [0.25, 0.3) is 0 Å². The molecule has 1 aliphatic rings. The molecule has 0 bridgehead atoms. The van der Waals surface area contributed by atoms with Gasteiger partial charge in [-0.2, -0.15) is 0 Å². The van der Waals surface area contributed by atoms with Gasteiger partial charge in [0.05, 0.1) is 0 Å². The first kappa shape index (κ1) is 21.0. The van der Waals surface area contributed by atoms with E-state index in [1.165, 1.54) is 44.6 Å². The highest BCUT2D eigenvalue weighted by molar-refractivity contribution is 5.29. The van der Waals surface area contributed by atoms with Gasteiger partial charge in [-0.1, -0.05) is 45.6 Å². The van der Waals surface area contributed by atoms with Crippen LogP contribution in [0.3, 0.4) is 0 Å². The number of ether oxygens (including phenoxy) is 1. The fraction of sp³-hybridized carbons (Fsp3) is 0.714. The molecule has 0 radical (unpaired) electrons. The van der Waals surface area contributed by atoms with Crippen LogP contribution in [-0.2, 0) is 6.42 Å². The third-order valence-corrected chi connectivity index (χ3v) is 5.65. The number of aryl methyl sites for hydroxylation is 1. The monoisotopic (exact) mass is 374 g/mol. The molecular formula is C21H30F4O. The Hall–Kier alpha value is -1.26. The maximum Gasteiger partial charge on any atom is 0.573 e. The van der Waals surface area contributed by atoms with Gasteiger partial charge in [-0.3, -0.25) is 0 Å². The molecule has 148 valence electrons. The zero-order valence-electron chi connectivity index (χ0n) is 15.7. The third-order valence-electron chi connectivity index (χ3n) is 5.65. The summed E-state index contributed by atoms with van der Waals surface area (Å²) in [6.45, 7) is 4.54. The Morgan fingerprint density at radius 1 is 1.12 bits per heavy atom. The molecule has 0 amide bonds. The van der Waals surface area contributed by atoms with Gasteiger partial charge in [-0.15, -0.1) is 13.2 Å². The van der Waals surface area contributed by atoms with Crippen LogP contribution in [0.4, 0.5) is 17.6 Å². The van der Waals surface area contributed by atoms with E-state index in [0.29, 0.717) is 12.3 Å². The van der Waals surface area contributed by atoms with Crippen molar-refractivity contribution in [3.05, 3.63) is 29.6 Å². The standard InChI is InChI=1S/C21H30F4O/c1-3-5-17(18-11-8-15(2)9-12-18)7-4-6-16-10-13-20(19(22)14-16)26-21(23,24)25/h10,13-15,17-18H,3-9,11-12H2,1-2H3. The predicted octanol–water partition coefficient (Wildman–Crippen LogP) is 7.29. The van der Waals surface area contributed by atoms with Crippen LogP contribution in [-0.4, -0.2) is 6.36 Å². The summed E-state index contributed by atoms with van der Waals surface area (Å²) in [6, 6.07) is 3.77. The fourth-order valence-electron chi connectivity index (χ4n) is 4.22.